The summed E-state index contributed by atoms with van der Waals surface area (Å²) in [6.45, 7) is 0.0944. The zero-order valence-electron chi connectivity index (χ0n) is 15.4. The predicted molar refractivity (Wildman–Crippen MR) is 106 cm³/mol. The van der Waals surface area contributed by atoms with Gasteiger partial charge in [0.1, 0.15) is 10.7 Å². The largest absolute Gasteiger partial charge is 0.352 e. The number of benzene rings is 1. The lowest BCUT2D eigenvalue weighted by atomic mass is 10.1. The van der Waals surface area contributed by atoms with E-state index in [2.05, 4.69) is 20.0 Å². The molecule has 3 rings (SSSR count). The van der Waals surface area contributed by atoms with Gasteiger partial charge in [-0.05, 0) is 35.9 Å². The number of pyridine rings is 2. The van der Waals surface area contributed by atoms with E-state index in [-0.39, 0.29) is 25.4 Å². The predicted octanol–water partition coefficient (Wildman–Crippen LogP) is 2.27. The molecule has 1 aromatic carbocycles. The number of hydrogen-bond donors (Lipinski definition) is 2. The number of nitrogens with one attached hydrogen (secondary N) is 2. The summed E-state index contributed by atoms with van der Waals surface area (Å²) < 4.78 is 40.1. The van der Waals surface area contributed by atoms with Gasteiger partial charge >= 0.3 is 0 Å². The molecule has 0 aliphatic rings. The highest BCUT2D eigenvalue weighted by molar-refractivity contribution is 7.89. The van der Waals surface area contributed by atoms with Crippen LogP contribution in [0.5, 0.6) is 0 Å². The summed E-state index contributed by atoms with van der Waals surface area (Å²) in [6, 6.07) is 12.3. The molecule has 0 bridgehead atoms. The van der Waals surface area contributed by atoms with E-state index < -0.39 is 20.7 Å². The number of carbonyl (C=O) groups is 1. The monoisotopic (exact) mass is 414 g/mol. The number of rotatable bonds is 8. The molecule has 0 aliphatic carbocycles. The van der Waals surface area contributed by atoms with Gasteiger partial charge in [-0.2, -0.15) is 0 Å². The Labute approximate surface area is 168 Å². The number of hydrogen-bond acceptors (Lipinski definition) is 5. The van der Waals surface area contributed by atoms with Crippen LogP contribution in [0.25, 0.3) is 11.3 Å². The quantitative estimate of drug-likeness (QED) is 0.589. The normalized spacial score (nSPS) is 11.2. The summed E-state index contributed by atoms with van der Waals surface area (Å²) in [5.74, 6) is -1.18. The van der Waals surface area contributed by atoms with E-state index >= 15 is 0 Å². The first-order chi connectivity index (χ1) is 14.0. The molecule has 150 valence electrons. The summed E-state index contributed by atoms with van der Waals surface area (Å²) in [5, 5.41) is 2.74. The van der Waals surface area contributed by atoms with Crippen LogP contribution in [0.15, 0.2) is 72.0 Å². The number of carbonyl (C=O) groups excluding carboxylic acids is 1. The lowest BCUT2D eigenvalue weighted by Crippen LogP contribution is -2.31. The Morgan fingerprint density at radius 1 is 1.00 bits per heavy atom. The maximum atomic E-state index is 13.6. The summed E-state index contributed by atoms with van der Waals surface area (Å²) in [7, 11) is -4.02. The fourth-order valence-corrected chi connectivity index (χ4v) is 3.78. The summed E-state index contributed by atoms with van der Waals surface area (Å²) in [5.41, 5.74) is 2.43. The van der Waals surface area contributed by atoms with Gasteiger partial charge < -0.3 is 5.32 Å². The lowest BCUT2D eigenvalue weighted by molar-refractivity contribution is -0.121. The molecule has 7 nitrogen and oxygen atoms in total. The molecule has 1 amide bonds. The zero-order chi connectivity index (χ0) is 20.7. The van der Waals surface area contributed by atoms with Crippen LogP contribution < -0.4 is 10.0 Å². The molecular formula is C20H19FN4O3S. The number of aromatic nitrogens is 2. The van der Waals surface area contributed by atoms with E-state index in [0.717, 1.165) is 22.9 Å². The van der Waals surface area contributed by atoms with Crippen molar-refractivity contribution in [3.8, 4) is 11.3 Å². The van der Waals surface area contributed by atoms with Crippen LogP contribution in [-0.4, -0.2) is 30.8 Å². The minimum absolute atomic E-state index is 0.0848. The maximum Gasteiger partial charge on any atom is 0.243 e. The topological polar surface area (TPSA) is 101 Å². The average molecular weight is 414 g/mol. The molecule has 2 N–H and O–H groups in total. The third-order valence-corrected chi connectivity index (χ3v) is 5.59. The molecule has 0 saturated carbocycles. The first-order valence-corrected chi connectivity index (χ1v) is 10.3. The van der Waals surface area contributed by atoms with Crippen LogP contribution in [0, 0.1) is 5.82 Å². The van der Waals surface area contributed by atoms with Gasteiger partial charge in [-0.25, -0.2) is 17.5 Å². The van der Waals surface area contributed by atoms with Gasteiger partial charge in [-0.3, -0.25) is 14.8 Å². The van der Waals surface area contributed by atoms with Crippen molar-refractivity contribution in [3.63, 3.8) is 0 Å². The average Bonchev–Trinajstić information content (AvgIpc) is 2.73. The summed E-state index contributed by atoms with van der Waals surface area (Å²) >= 11 is 0. The second-order valence-corrected chi connectivity index (χ2v) is 7.84. The van der Waals surface area contributed by atoms with Crippen molar-refractivity contribution in [2.45, 2.75) is 17.9 Å². The van der Waals surface area contributed by atoms with Crippen LogP contribution >= 0.6 is 0 Å². The SMILES string of the molecule is O=C(CCNS(=O)(=O)c1ccccc1F)NCc1cccnc1-c1ccncc1. The van der Waals surface area contributed by atoms with Gasteiger partial charge in [-0.15, -0.1) is 0 Å². The molecule has 0 spiro atoms. The van der Waals surface area contributed by atoms with Crippen LogP contribution in [0.1, 0.15) is 12.0 Å². The Balaban J connectivity index is 1.55. The second kappa shape index (κ2) is 9.35. The zero-order valence-corrected chi connectivity index (χ0v) is 16.2. The molecule has 0 aliphatic heterocycles. The van der Waals surface area contributed by atoms with E-state index in [4.69, 9.17) is 0 Å². The highest BCUT2D eigenvalue weighted by Gasteiger charge is 2.18. The van der Waals surface area contributed by atoms with Gasteiger partial charge in [0, 0.05) is 43.7 Å². The molecule has 9 heteroatoms. The van der Waals surface area contributed by atoms with Crippen molar-refractivity contribution in [2.75, 3.05) is 6.54 Å². The fourth-order valence-electron chi connectivity index (χ4n) is 2.67. The highest BCUT2D eigenvalue weighted by Crippen LogP contribution is 2.20. The van der Waals surface area contributed by atoms with Gasteiger partial charge in [0.2, 0.25) is 15.9 Å². The van der Waals surface area contributed by atoms with Crippen molar-refractivity contribution in [3.05, 3.63) is 78.5 Å². The van der Waals surface area contributed by atoms with E-state index in [1.807, 2.05) is 18.2 Å². The Bertz CT molecular complexity index is 1090. The van der Waals surface area contributed by atoms with Gasteiger partial charge in [0.25, 0.3) is 0 Å². The van der Waals surface area contributed by atoms with E-state index in [1.165, 1.54) is 18.2 Å². The molecule has 3 aromatic rings. The van der Waals surface area contributed by atoms with Gasteiger partial charge in [0.15, 0.2) is 0 Å². The molecule has 2 heterocycles. The van der Waals surface area contributed by atoms with Crippen molar-refractivity contribution in [1.82, 2.24) is 20.0 Å². The van der Waals surface area contributed by atoms with Gasteiger partial charge in [-0.1, -0.05) is 18.2 Å². The lowest BCUT2D eigenvalue weighted by Gasteiger charge is -2.10. The number of sulfonamides is 1. The van der Waals surface area contributed by atoms with E-state index in [1.54, 1.807) is 24.7 Å². The molecular weight excluding hydrogens is 395 g/mol. The van der Waals surface area contributed by atoms with Crippen LogP contribution in [0.3, 0.4) is 0 Å². The highest BCUT2D eigenvalue weighted by atomic mass is 32.2. The molecule has 0 radical (unpaired) electrons. The fraction of sp³-hybridized carbons (Fsp3) is 0.150. The third kappa shape index (κ3) is 5.43. The Kier molecular flexibility index (Phi) is 6.63. The molecule has 0 atom stereocenters. The van der Waals surface area contributed by atoms with Crippen molar-refractivity contribution in [1.29, 1.82) is 0 Å². The van der Waals surface area contributed by atoms with Crippen molar-refractivity contribution >= 4 is 15.9 Å². The second-order valence-electron chi connectivity index (χ2n) is 6.10. The van der Waals surface area contributed by atoms with E-state index in [9.17, 15) is 17.6 Å². The van der Waals surface area contributed by atoms with Crippen LogP contribution in [0.4, 0.5) is 4.39 Å². The molecule has 0 saturated heterocycles. The standard InChI is InChI=1S/C20H19FN4O3S/c21-17-5-1-2-6-18(17)29(27,28)25-13-9-19(26)24-14-16-4-3-10-23-20(16)15-7-11-22-12-8-15/h1-8,10-12,25H,9,13-14H2,(H,24,26). The first kappa shape index (κ1) is 20.6. The molecule has 0 unspecified atom stereocenters. The Hall–Kier alpha value is -3.17. The maximum absolute atomic E-state index is 13.6. The summed E-state index contributed by atoms with van der Waals surface area (Å²) in [4.78, 5) is 20.0. The Morgan fingerprint density at radius 3 is 2.52 bits per heavy atom. The van der Waals surface area contributed by atoms with Crippen LogP contribution in [0.2, 0.25) is 0 Å². The van der Waals surface area contributed by atoms with E-state index in [0.29, 0.717) is 0 Å². The van der Waals surface area contributed by atoms with Crippen molar-refractivity contribution in [2.24, 2.45) is 0 Å². The van der Waals surface area contributed by atoms with Crippen LogP contribution in [-0.2, 0) is 21.4 Å². The smallest absolute Gasteiger partial charge is 0.243 e. The number of nitrogens with zero attached hydrogens (tertiary/aromatic N) is 2. The third-order valence-electron chi connectivity index (χ3n) is 4.09. The van der Waals surface area contributed by atoms with Gasteiger partial charge in [0.05, 0.1) is 5.69 Å². The summed E-state index contributed by atoms with van der Waals surface area (Å²) in [6.07, 6.45) is 4.90. The Morgan fingerprint density at radius 2 is 1.76 bits per heavy atom. The first-order valence-electron chi connectivity index (χ1n) is 8.82. The number of halogens is 1. The minimum atomic E-state index is -4.02. The minimum Gasteiger partial charge on any atom is -0.352 e. The van der Waals surface area contributed by atoms with Crippen molar-refractivity contribution < 1.29 is 17.6 Å². The molecule has 29 heavy (non-hydrogen) atoms. The molecule has 0 fully saturated rings. The number of amides is 1. The molecule has 2 aromatic heterocycles.